The maximum atomic E-state index is 14.1. The molecule has 0 aliphatic heterocycles. The highest BCUT2D eigenvalue weighted by atomic mass is 79.9. The van der Waals surface area contributed by atoms with E-state index >= 15 is 0 Å². The number of hydrogen-bond donors (Lipinski definition) is 3. The van der Waals surface area contributed by atoms with Gasteiger partial charge in [0.25, 0.3) is 0 Å². The molecule has 0 bridgehead atoms. The second kappa shape index (κ2) is 14.2. The number of benzene rings is 4. The molecule has 0 fully saturated rings. The normalized spacial score (nSPS) is 10.3. The molecule has 3 N–H and O–H groups in total. The minimum absolute atomic E-state index is 0.0629. The molecule has 210 valence electrons. The summed E-state index contributed by atoms with van der Waals surface area (Å²) in [5.41, 5.74) is 1.09. The standard InChI is InChI=1S/C15H13F2NO3.C14H12BrF2NO/c1-18-11-7-10(16)14(13(17)12(11)15(19)20)21-8-9-5-3-2-4-6-9;1-18-11-7-10(16)14(13(17)12(11)15)19-8-9-5-3-2-4-6-9/h2-7,18H,8H2,1H3,(H,19,20);2-7,18H,8H2,1H3. The van der Waals surface area contributed by atoms with Crippen LogP contribution in [0.3, 0.4) is 0 Å². The summed E-state index contributed by atoms with van der Waals surface area (Å²) in [6, 6.07) is 20.1. The van der Waals surface area contributed by atoms with E-state index in [0.29, 0.717) is 11.3 Å². The first-order valence-corrected chi connectivity index (χ1v) is 12.6. The van der Waals surface area contributed by atoms with Crippen LogP contribution in [0.1, 0.15) is 21.5 Å². The predicted octanol–water partition coefficient (Wildman–Crippen LogP) is 7.63. The fraction of sp³-hybridized carbons (Fsp3) is 0.138. The number of ether oxygens (including phenoxy) is 2. The van der Waals surface area contributed by atoms with Crippen molar-refractivity contribution in [3.8, 4) is 11.5 Å². The van der Waals surface area contributed by atoms with Crippen LogP contribution >= 0.6 is 15.9 Å². The molecule has 0 aliphatic rings. The lowest BCUT2D eigenvalue weighted by Gasteiger charge is -2.13. The molecule has 0 spiro atoms. The summed E-state index contributed by atoms with van der Waals surface area (Å²) in [6.45, 7) is 0.0483. The summed E-state index contributed by atoms with van der Waals surface area (Å²) < 4.78 is 66.2. The van der Waals surface area contributed by atoms with Crippen molar-refractivity contribution >= 4 is 33.3 Å². The third kappa shape index (κ3) is 7.44. The topological polar surface area (TPSA) is 79.8 Å². The third-order valence-corrected chi connectivity index (χ3v) is 6.27. The first-order chi connectivity index (χ1) is 19.2. The minimum Gasteiger partial charge on any atom is -0.483 e. The summed E-state index contributed by atoms with van der Waals surface area (Å²) in [5.74, 6) is -6.26. The largest absolute Gasteiger partial charge is 0.483 e. The van der Waals surface area contributed by atoms with Crippen LogP contribution in [-0.2, 0) is 13.2 Å². The monoisotopic (exact) mass is 620 g/mol. The zero-order valence-corrected chi connectivity index (χ0v) is 23.0. The maximum Gasteiger partial charge on any atom is 0.340 e. The molecule has 4 aromatic rings. The SMILES string of the molecule is CNc1cc(F)c(OCc2ccccc2)c(F)c1Br.CNc1cc(F)c(OCc2ccccc2)c(F)c1C(=O)O. The third-order valence-electron chi connectivity index (χ3n) is 5.50. The molecule has 4 rings (SSSR count). The van der Waals surface area contributed by atoms with E-state index in [1.165, 1.54) is 13.1 Å². The van der Waals surface area contributed by atoms with Crippen LogP contribution in [0.2, 0.25) is 0 Å². The van der Waals surface area contributed by atoms with Gasteiger partial charge in [-0.05, 0) is 27.1 Å². The lowest BCUT2D eigenvalue weighted by atomic mass is 10.1. The van der Waals surface area contributed by atoms with Gasteiger partial charge >= 0.3 is 5.97 Å². The van der Waals surface area contributed by atoms with E-state index in [9.17, 15) is 22.4 Å². The molecule has 40 heavy (non-hydrogen) atoms. The maximum absolute atomic E-state index is 14.1. The van der Waals surface area contributed by atoms with Gasteiger partial charge in [-0.25, -0.2) is 22.4 Å². The molecule has 11 heteroatoms. The van der Waals surface area contributed by atoms with E-state index in [-0.39, 0.29) is 29.1 Å². The second-order valence-corrected chi connectivity index (χ2v) is 8.93. The molecule has 0 amide bonds. The quantitative estimate of drug-likeness (QED) is 0.132. The second-order valence-electron chi connectivity index (χ2n) is 8.14. The first-order valence-electron chi connectivity index (χ1n) is 11.8. The number of hydrogen-bond acceptors (Lipinski definition) is 5. The lowest BCUT2D eigenvalue weighted by Crippen LogP contribution is -2.10. The number of nitrogens with one attached hydrogen (secondary N) is 2. The highest BCUT2D eigenvalue weighted by molar-refractivity contribution is 9.10. The van der Waals surface area contributed by atoms with Crippen molar-refractivity contribution in [2.24, 2.45) is 0 Å². The van der Waals surface area contributed by atoms with E-state index in [1.54, 1.807) is 37.4 Å². The first kappa shape index (κ1) is 30.3. The molecule has 0 aliphatic carbocycles. The van der Waals surface area contributed by atoms with E-state index in [1.807, 2.05) is 30.3 Å². The summed E-state index contributed by atoms with van der Waals surface area (Å²) in [4.78, 5) is 11.1. The van der Waals surface area contributed by atoms with Crippen molar-refractivity contribution in [2.75, 3.05) is 24.7 Å². The van der Waals surface area contributed by atoms with Gasteiger partial charge in [0.2, 0.25) is 0 Å². The Morgan fingerprint density at radius 2 is 1.18 bits per heavy atom. The van der Waals surface area contributed by atoms with Crippen molar-refractivity contribution in [3.05, 3.63) is 117 Å². The van der Waals surface area contributed by atoms with Crippen LogP contribution in [0.5, 0.6) is 11.5 Å². The summed E-state index contributed by atoms with van der Waals surface area (Å²) >= 11 is 3.07. The Morgan fingerprint density at radius 3 is 1.60 bits per heavy atom. The van der Waals surface area contributed by atoms with E-state index in [0.717, 1.165) is 11.6 Å². The number of anilines is 2. The number of carbonyl (C=O) groups is 1. The Bertz CT molecular complexity index is 1460. The number of carboxylic acids is 1. The summed E-state index contributed by atoms with van der Waals surface area (Å²) in [6.07, 6.45) is 0. The zero-order valence-electron chi connectivity index (χ0n) is 21.4. The number of rotatable bonds is 9. The summed E-state index contributed by atoms with van der Waals surface area (Å²) in [5, 5.41) is 14.2. The molecule has 0 aromatic heterocycles. The van der Waals surface area contributed by atoms with Gasteiger partial charge in [-0.2, -0.15) is 0 Å². The van der Waals surface area contributed by atoms with Crippen LogP contribution in [0.4, 0.5) is 28.9 Å². The molecule has 0 saturated carbocycles. The Labute approximate surface area is 236 Å². The van der Waals surface area contributed by atoms with Crippen molar-refractivity contribution in [3.63, 3.8) is 0 Å². The van der Waals surface area contributed by atoms with Gasteiger partial charge in [-0.3, -0.25) is 0 Å². The van der Waals surface area contributed by atoms with Crippen molar-refractivity contribution < 1.29 is 36.9 Å². The Hall–Kier alpha value is -4.25. The molecular weight excluding hydrogens is 596 g/mol. The average Bonchev–Trinajstić information content (AvgIpc) is 2.95. The van der Waals surface area contributed by atoms with Gasteiger partial charge in [-0.1, -0.05) is 60.7 Å². The smallest absolute Gasteiger partial charge is 0.340 e. The highest BCUT2D eigenvalue weighted by Gasteiger charge is 2.24. The van der Waals surface area contributed by atoms with E-state index < -0.39 is 40.6 Å². The molecule has 0 radical (unpaired) electrons. The van der Waals surface area contributed by atoms with Crippen LogP contribution < -0.4 is 20.1 Å². The Kier molecular flexibility index (Phi) is 10.8. The molecular formula is C29H25BrF4N2O4. The fourth-order valence-corrected chi connectivity index (χ4v) is 3.98. The van der Waals surface area contributed by atoms with Gasteiger partial charge in [0.15, 0.2) is 34.8 Å². The van der Waals surface area contributed by atoms with E-state index in [4.69, 9.17) is 14.6 Å². The van der Waals surface area contributed by atoms with Crippen molar-refractivity contribution in [1.29, 1.82) is 0 Å². The van der Waals surface area contributed by atoms with Crippen LogP contribution in [0.25, 0.3) is 0 Å². The van der Waals surface area contributed by atoms with Gasteiger partial charge < -0.3 is 25.2 Å². The fourth-order valence-electron chi connectivity index (χ4n) is 3.49. The molecule has 0 unspecified atom stereocenters. The Balaban J connectivity index is 0.000000222. The van der Waals surface area contributed by atoms with Crippen LogP contribution in [-0.4, -0.2) is 25.2 Å². The summed E-state index contributed by atoms with van der Waals surface area (Å²) in [7, 11) is 2.97. The lowest BCUT2D eigenvalue weighted by molar-refractivity contribution is 0.0691. The minimum atomic E-state index is -1.50. The zero-order chi connectivity index (χ0) is 29.2. The van der Waals surface area contributed by atoms with Crippen molar-refractivity contribution in [2.45, 2.75) is 13.2 Å². The van der Waals surface area contributed by atoms with E-state index in [2.05, 4.69) is 26.6 Å². The molecule has 0 heterocycles. The van der Waals surface area contributed by atoms with Crippen LogP contribution in [0.15, 0.2) is 77.3 Å². The molecule has 6 nitrogen and oxygen atoms in total. The van der Waals surface area contributed by atoms with Gasteiger partial charge in [0, 0.05) is 26.2 Å². The van der Waals surface area contributed by atoms with Gasteiger partial charge in [-0.15, -0.1) is 0 Å². The van der Waals surface area contributed by atoms with Gasteiger partial charge in [0.05, 0.1) is 15.8 Å². The molecule has 4 aromatic carbocycles. The van der Waals surface area contributed by atoms with Gasteiger partial charge in [0.1, 0.15) is 18.8 Å². The number of halogens is 5. The number of carboxylic acid groups (broad SMARTS) is 1. The highest BCUT2D eigenvalue weighted by Crippen LogP contribution is 2.35. The van der Waals surface area contributed by atoms with Crippen molar-refractivity contribution in [1.82, 2.24) is 0 Å². The van der Waals surface area contributed by atoms with Crippen LogP contribution in [0, 0.1) is 23.3 Å². The predicted molar refractivity (Wildman–Crippen MR) is 148 cm³/mol. The Morgan fingerprint density at radius 1 is 0.750 bits per heavy atom. The number of aromatic carboxylic acids is 1. The molecule has 0 atom stereocenters. The molecule has 0 saturated heterocycles. The average molecular weight is 621 g/mol.